The molecular weight excluding hydrogens is 1270 g/mol. The van der Waals surface area contributed by atoms with Crippen molar-refractivity contribution in [2.24, 2.45) is 0 Å². The van der Waals surface area contributed by atoms with E-state index >= 15 is 0 Å². The minimum absolute atomic E-state index is 0.171. The summed E-state index contributed by atoms with van der Waals surface area (Å²) in [7, 11) is 0. The van der Waals surface area contributed by atoms with Gasteiger partial charge in [0.1, 0.15) is 11.0 Å². The zero-order valence-corrected chi connectivity index (χ0v) is 65.6. The molecule has 8 bridgehead atoms. The molecule has 2 aliphatic heterocycles. The summed E-state index contributed by atoms with van der Waals surface area (Å²) in [5.74, 6) is 0. The van der Waals surface area contributed by atoms with Crippen molar-refractivity contribution in [1.82, 2.24) is 49.8 Å². The highest BCUT2D eigenvalue weighted by molar-refractivity contribution is 6.22. The Bertz CT molecular complexity index is 5550. The molecule has 9 heterocycles. The van der Waals surface area contributed by atoms with Crippen molar-refractivity contribution in [3.63, 3.8) is 0 Å². The lowest BCUT2D eigenvalue weighted by atomic mass is 9.78. The molecule has 10 heteroatoms. The fourth-order valence-electron chi connectivity index (χ4n) is 14.7. The molecule has 13 aromatic rings. The maximum Gasteiger partial charge on any atom is 0.116 e. The zero-order valence-electron chi connectivity index (χ0n) is 65.6. The second kappa shape index (κ2) is 23.7. The summed E-state index contributed by atoms with van der Waals surface area (Å²) < 4.78 is 0. The number of pyridine rings is 2. The first-order valence-corrected chi connectivity index (χ1v) is 37.1. The number of nitrogens with one attached hydrogen (secondary N) is 2. The van der Waals surface area contributed by atoms with Crippen LogP contribution in [0.25, 0.3) is 157 Å². The molecule has 0 unspecified atom stereocenters. The summed E-state index contributed by atoms with van der Waals surface area (Å²) >= 11 is 0. The third-order valence-corrected chi connectivity index (χ3v) is 21.4. The van der Waals surface area contributed by atoms with Crippen molar-refractivity contribution in [1.29, 1.82) is 0 Å². The van der Waals surface area contributed by atoms with Crippen molar-refractivity contribution < 1.29 is 0 Å². The molecule has 0 atom stereocenters. The lowest BCUT2D eigenvalue weighted by Gasteiger charge is -2.26. The summed E-state index contributed by atoms with van der Waals surface area (Å²) in [5, 5.41) is 1.77. The molecule has 0 fully saturated rings. The molecule has 2 aliphatic rings. The molecule has 6 aromatic carbocycles. The van der Waals surface area contributed by atoms with Crippen LogP contribution in [0.2, 0.25) is 0 Å². The Kier molecular flexibility index (Phi) is 15.9. The number of nitrogens with zero attached hydrogens (tertiary/aromatic N) is 8. The van der Waals surface area contributed by atoms with E-state index in [2.05, 4.69) is 310 Å². The van der Waals surface area contributed by atoms with E-state index in [1.165, 1.54) is 44.5 Å². The lowest BCUT2D eigenvalue weighted by Crippen LogP contribution is -2.16. The third-order valence-electron chi connectivity index (χ3n) is 21.4. The zero-order chi connectivity index (χ0) is 74.2. The Hall–Kier alpha value is -10.1. The smallest absolute Gasteiger partial charge is 0.116 e. The molecule has 0 saturated carbocycles. The number of H-pyrrole nitrogens is 2. The summed E-state index contributed by atoms with van der Waals surface area (Å²) in [4.78, 5) is 53.4. The third kappa shape index (κ3) is 12.5. The minimum atomic E-state index is -0.229. The largest absolute Gasteiger partial charge is 0.354 e. The highest BCUT2D eigenvalue weighted by Crippen LogP contribution is 2.48. The van der Waals surface area contributed by atoms with Gasteiger partial charge in [0, 0.05) is 56.5 Å². The predicted molar refractivity (Wildman–Crippen MR) is 442 cm³/mol. The molecule has 0 saturated heterocycles. The summed E-state index contributed by atoms with van der Waals surface area (Å²) in [6.45, 7) is 55.6. The van der Waals surface area contributed by atoms with Gasteiger partial charge in [-0.2, -0.15) is 0 Å². The Labute approximate surface area is 613 Å². The molecule has 10 nitrogen and oxygen atoms in total. The average Bonchev–Trinajstić information content (AvgIpc) is 1.40. The van der Waals surface area contributed by atoms with Crippen LogP contribution in [0.1, 0.15) is 233 Å². The van der Waals surface area contributed by atoms with Gasteiger partial charge >= 0.3 is 0 Å². The number of hydrogen-bond acceptors (Lipinski definition) is 8. The normalized spacial score (nSPS) is 13.7. The van der Waals surface area contributed by atoms with E-state index in [1.54, 1.807) is 0 Å². The number of aromatic nitrogens is 10. The van der Waals surface area contributed by atoms with Crippen LogP contribution in [0.3, 0.4) is 0 Å². The fraction of sp³-hybridized carbons (Fsp3) is 0.340. The van der Waals surface area contributed by atoms with Crippen LogP contribution in [-0.2, 0) is 43.3 Å². The second-order valence-electron chi connectivity index (χ2n) is 37.8. The van der Waals surface area contributed by atoms with E-state index in [0.29, 0.717) is 33.1 Å². The van der Waals surface area contributed by atoms with Crippen molar-refractivity contribution in [2.75, 3.05) is 0 Å². The van der Waals surface area contributed by atoms with Crippen LogP contribution in [0.15, 0.2) is 134 Å². The molecule has 526 valence electrons. The van der Waals surface area contributed by atoms with E-state index in [1.807, 2.05) is 24.5 Å². The Morgan fingerprint density at radius 1 is 0.240 bits per heavy atom. The van der Waals surface area contributed by atoms with Crippen molar-refractivity contribution >= 4 is 112 Å². The van der Waals surface area contributed by atoms with Gasteiger partial charge in [0.05, 0.1) is 77.9 Å². The van der Waals surface area contributed by atoms with Crippen molar-refractivity contribution in [3.8, 4) is 44.5 Å². The monoisotopic (exact) mass is 1370 g/mol. The second-order valence-corrected chi connectivity index (χ2v) is 37.8. The van der Waals surface area contributed by atoms with Crippen LogP contribution in [0, 0.1) is 0 Å². The van der Waals surface area contributed by atoms with E-state index in [9.17, 15) is 0 Å². The minimum Gasteiger partial charge on any atom is -0.354 e. The molecular formula is C94H100N10. The first-order chi connectivity index (χ1) is 48.5. The van der Waals surface area contributed by atoms with E-state index in [0.717, 1.165) is 122 Å². The van der Waals surface area contributed by atoms with E-state index in [-0.39, 0.29) is 43.3 Å². The van der Waals surface area contributed by atoms with E-state index in [4.69, 9.17) is 39.9 Å². The molecule has 104 heavy (non-hydrogen) atoms. The quantitative estimate of drug-likeness (QED) is 0.131. The number of fused-ring (bicyclic) bond motifs is 19. The number of rotatable bonds is 4. The SMILES string of the molecule is CC(C)(C)c1cc(-c2c3nc(c(-c4cc(C(C)(C)C)cc(C(C)(C)C)c4)c4[nH]c(c(-c5cc(C(C)(C)C)cc(C(C)(C)C)c5)c5nc(c(-c6cc(C(C)(C)C)cc(C(C)(C)C)c6)c6ccc2[nH]6)C=C5)c2nc5cc6nc7c8cccnc8c8ncccc8c7nc6cc5nc42)C=C3)cc(C(C)(C)C)c1. The first-order valence-electron chi connectivity index (χ1n) is 37.1. The van der Waals surface area contributed by atoms with Crippen LogP contribution in [0.4, 0.5) is 0 Å². The molecule has 2 N–H and O–H groups in total. The average molecular weight is 1370 g/mol. The van der Waals surface area contributed by atoms with Gasteiger partial charge in [0.2, 0.25) is 0 Å². The van der Waals surface area contributed by atoms with Gasteiger partial charge in [-0.05, 0) is 183 Å². The van der Waals surface area contributed by atoms with Crippen LogP contribution in [-0.4, -0.2) is 49.8 Å². The molecule has 7 aromatic heterocycles. The first kappa shape index (κ1) is 69.6. The van der Waals surface area contributed by atoms with Gasteiger partial charge in [-0.1, -0.05) is 239 Å². The van der Waals surface area contributed by atoms with Crippen LogP contribution < -0.4 is 0 Å². The lowest BCUT2D eigenvalue weighted by molar-refractivity contribution is 0.568. The maximum absolute atomic E-state index is 6.08. The highest BCUT2D eigenvalue weighted by Gasteiger charge is 2.32. The summed E-state index contributed by atoms with van der Waals surface area (Å²) in [5.41, 5.74) is 30.2. The molecule has 0 aliphatic carbocycles. The van der Waals surface area contributed by atoms with Gasteiger partial charge in [0.25, 0.3) is 0 Å². The number of aromatic amines is 2. The summed E-state index contributed by atoms with van der Waals surface area (Å²) in [6.07, 6.45) is 12.6. The Balaban J connectivity index is 1.22. The fourth-order valence-corrected chi connectivity index (χ4v) is 14.7. The van der Waals surface area contributed by atoms with Gasteiger partial charge < -0.3 is 9.97 Å². The molecule has 0 amide bonds. The Morgan fingerprint density at radius 2 is 0.490 bits per heavy atom. The maximum atomic E-state index is 6.08. The van der Waals surface area contributed by atoms with Gasteiger partial charge in [-0.15, -0.1) is 0 Å². The van der Waals surface area contributed by atoms with Crippen LogP contribution >= 0.6 is 0 Å². The summed E-state index contributed by atoms with van der Waals surface area (Å²) in [6, 6.07) is 45.5. The highest BCUT2D eigenvalue weighted by atomic mass is 14.9. The topological polar surface area (TPSA) is 135 Å². The van der Waals surface area contributed by atoms with Crippen LogP contribution in [0.5, 0.6) is 0 Å². The van der Waals surface area contributed by atoms with E-state index < -0.39 is 0 Å². The Morgan fingerprint density at radius 3 is 0.760 bits per heavy atom. The van der Waals surface area contributed by atoms with Gasteiger partial charge in [-0.3, -0.25) is 9.97 Å². The van der Waals surface area contributed by atoms with Crippen molar-refractivity contribution in [3.05, 3.63) is 201 Å². The van der Waals surface area contributed by atoms with Gasteiger partial charge in [0.15, 0.2) is 0 Å². The van der Waals surface area contributed by atoms with Gasteiger partial charge in [-0.25, -0.2) is 29.9 Å². The molecule has 0 spiro atoms. The van der Waals surface area contributed by atoms with Crippen molar-refractivity contribution in [2.45, 2.75) is 209 Å². The number of hydrogen-bond donors (Lipinski definition) is 2. The molecule has 15 rings (SSSR count). The number of benzene rings is 6. The predicted octanol–water partition coefficient (Wildman–Crippen LogP) is 25.0. The molecule has 0 radical (unpaired) electrons. The standard InChI is InChI=1S/C94H100N10/c1-87(2,3)55-37-51(38-56(45-55)88(4,5)6)75-65-29-30-66(97-65)76(52-39-57(89(7,8)9)46-58(40-52)90(10,11)12)68-32-34-70(99-68)78(54-43-61(93(19,20)21)48-62(44-54)94(22,23)24)84-86-85(83(104-84)77(69-33-31-67(75)98-69)53-41-59(91(13,14)15)47-60(42-53)92(16,17)18)102-73-49-71-72(50-74(73)103-86)101-82-64-28-26-36-96-80(64)79-63(81(82)100-71)27-25-35-95-79/h25-50,97,104H,1-24H3.